The molecule has 1 atom stereocenters. The summed E-state index contributed by atoms with van der Waals surface area (Å²) in [6.07, 6.45) is 1.45. The molecule has 0 aliphatic carbocycles. The molecule has 5 nitrogen and oxygen atoms in total. The van der Waals surface area contributed by atoms with Crippen molar-refractivity contribution in [1.82, 2.24) is 4.31 Å². The summed E-state index contributed by atoms with van der Waals surface area (Å²) in [6, 6.07) is 11.5. The molecule has 1 saturated heterocycles. The van der Waals surface area contributed by atoms with E-state index in [1.165, 1.54) is 16.4 Å². The third-order valence-corrected chi connectivity index (χ3v) is 8.31. The maximum atomic E-state index is 12.8. The van der Waals surface area contributed by atoms with Crippen LogP contribution in [0.2, 0.25) is 10.0 Å². The van der Waals surface area contributed by atoms with Crippen molar-refractivity contribution in [3.05, 3.63) is 52.5 Å². The first-order chi connectivity index (χ1) is 12.1. The van der Waals surface area contributed by atoms with E-state index < -0.39 is 25.1 Å². The van der Waals surface area contributed by atoms with Crippen LogP contribution < -0.4 is 0 Å². The molecular formula is C17H17Cl2NO4S2. The van der Waals surface area contributed by atoms with Crippen LogP contribution in [0.3, 0.4) is 0 Å². The van der Waals surface area contributed by atoms with Gasteiger partial charge in [-0.25, -0.2) is 16.8 Å². The zero-order chi connectivity index (χ0) is 19.1. The summed E-state index contributed by atoms with van der Waals surface area (Å²) in [5, 5.41) is 0.339. The van der Waals surface area contributed by atoms with Crippen LogP contribution in [0.4, 0.5) is 0 Å². The first-order valence-corrected chi connectivity index (χ1v) is 12.0. The average Bonchev–Trinajstić information content (AvgIpc) is 3.05. The van der Waals surface area contributed by atoms with E-state index in [4.69, 9.17) is 23.2 Å². The Kier molecular flexibility index (Phi) is 5.38. The van der Waals surface area contributed by atoms with E-state index in [9.17, 15) is 16.8 Å². The number of rotatable bonds is 4. The second kappa shape index (κ2) is 7.13. The molecule has 26 heavy (non-hydrogen) atoms. The van der Waals surface area contributed by atoms with Crippen molar-refractivity contribution in [3.8, 4) is 11.1 Å². The van der Waals surface area contributed by atoms with Gasteiger partial charge in [-0.15, -0.1) is 0 Å². The molecular weight excluding hydrogens is 417 g/mol. The number of hydrogen-bond donors (Lipinski definition) is 0. The summed E-state index contributed by atoms with van der Waals surface area (Å²) in [5.41, 5.74) is 1.56. The molecule has 1 unspecified atom stereocenters. The van der Waals surface area contributed by atoms with Crippen molar-refractivity contribution in [1.29, 1.82) is 0 Å². The lowest BCUT2D eigenvalue weighted by Gasteiger charge is -2.16. The Labute approximate surface area is 163 Å². The lowest BCUT2D eigenvalue weighted by molar-refractivity contribution is 0.477. The third kappa shape index (κ3) is 4.07. The van der Waals surface area contributed by atoms with Crippen molar-refractivity contribution in [3.63, 3.8) is 0 Å². The molecule has 1 heterocycles. The number of hydrogen-bond acceptors (Lipinski definition) is 4. The van der Waals surface area contributed by atoms with Crippen LogP contribution in [0.25, 0.3) is 11.1 Å². The zero-order valence-corrected chi connectivity index (χ0v) is 17.0. The van der Waals surface area contributed by atoms with Gasteiger partial charge in [0, 0.05) is 29.4 Å². The first kappa shape index (κ1) is 19.6. The van der Waals surface area contributed by atoms with Gasteiger partial charge in [-0.05, 0) is 47.9 Å². The molecule has 0 bridgehead atoms. The highest BCUT2D eigenvalue weighted by atomic mass is 35.5. The lowest BCUT2D eigenvalue weighted by atomic mass is 10.1. The highest BCUT2D eigenvalue weighted by Crippen LogP contribution is 2.29. The Hall–Kier alpha value is -1.12. The molecule has 0 saturated carbocycles. The molecule has 0 radical (unpaired) electrons. The number of halogens is 2. The number of sulfone groups is 1. The molecule has 9 heteroatoms. The molecule has 1 aliphatic rings. The van der Waals surface area contributed by atoms with Crippen LogP contribution in [0.5, 0.6) is 0 Å². The summed E-state index contributed by atoms with van der Waals surface area (Å²) >= 11 is 12.0. The second-order valence-corrected chi connectivity index (χ2v) is 11.4. The highest BCUT2D eigenvalue weighted by Gasteiger charge is 2.36. The molecule has 0 N–H and O–H groups in total. The Morgan fingerprint density at radius 3 is 2.00 bits per heavy atom. The monoisotopic (exact) mass is 433 g/mol. The van der Waals surface area contributed by atoms with E-state index in [2.05, 4.69) is 0 Å². The number of sulfonamides is 1. The van der Waals surface area contributed by atoms with Gasteiger partial charge in [0.2, 0.25) is 10.0 Å². The van der Waals surface area contributed by atoms with Crippen LogP contribution in [0.1, 0.15) is 6.42 Å². The molecule has 3 rings (SSSR count). The van der Waals surface area contributed by atoms with Crippen molar-refractivity contribution in [2.75, 3.05) is 19.3 Å². The maximum Gasteiger partial charge on any atom is 0.243 e. The van der Waals surface area contributed by atoms with Crippen LogP contribution >= 0.6 is 23.2 Å². The van der Waals surface area contributed by atoms with Crippen molar-refractivity contribution >= 4 is 43.1 Å². The van der Waals surface area contributed by atoms with Gasteiger partial charge in [0.1, 0.15) is 0 Å². The van der Waals surface area contributed by atoms with Gasteiger partial charge >= 0.3 is 0 Å². The van der Waals surface area contributed by atoms with Crippen LogP contribution in [-0.2, 0) is 19.9 Å². The van der Waals surface area contributed by atoms with Crippen molar-refractivity contribution in [2.24, 2.45) is 0 Å². The number of nitrogens with zero attached hydrogens (tertiary/aromatic N) is 1. The summed E-state index contributed by atoms with van der Waals surface area (Å²) in [6.45, 7) is 0.193. The SMILES string of the molecule is CS(=O)(=O)C1CCN(S(=O)(=O)c2ccc(-c3cc(Cl)cc(Cl)c3)cc2)C1. The van der Waals surface area contributed by atoms with E-state index in [1.54, 1.807) is 30.3 Å². The van der Waals surface area contributed by atoms with E-state index in [0.717, 1.165) is 17.4 Å². The first-order valence-electron chi connectivity index (χ1n) is 7.83. The van der Waals surface area contributed by atoms with E-state index in [1.807, 2.05) is 0 Å². The standard InChI is InChI=1S/C17H17Cl2NO4S2/c1-25(21,22)17-6-7-20(11-17)26(23,24)16-4-2-12(3-5-16)13-8-14(18)10-15(19)9-13/h2-5,8-10,17H,6-7,11H2,1H3. The normalized spacial score (nSPS) is 19.0. The van der Waals surface area contributed by atoms with Gasteiger partial charge in [0.25, 0.3) is 0 Å². The topological polar surface area (TPSA) is 71.5 Å². The van der Waals surface area contributed by atoms with Crippen LogP contribution in [0.15, 0.2) is 47.4 Å². The highest BCUT2D eigenvalue weighted by molar-refractivity contribution is 7.91. The van der Waals surface area contributed by atoms with Gasteiger partial charge < -0.3 is 0 Å². The molecule has 2 aromatic rings. The fourth-order valence-electron chi connectivity index (χ4n) is 2.95. The minimum atomic E-state index is -3.73. The van der Waals surface area contributed by atoms with Crippen LogP contribution in [-0.4, -0.2) is 45.7 Å². The number of benzene rings is 2. The quantitative estimate of drug-likeness (QED) is 0.739. The third-order valence-electron chi connectivity index (χ3n) is 4.40. The zero-order valence-electron chi connectivity index (χ0n) is 13.9. The largest absolute Gasteiger partial charge is 0.243 e. The van der Waals surface area contributed by atoms with Gasteiger partial charge in [-0.3, -0.25) is 0 Å². The van der Waals surface area contributed by atoms with Crippen molar-refractivity contribution < 1.29 is 16.8 Å². The molecule has 0 amide bonds. The predicted octanol–water partition coefficient (Wildman–Crippen LogP) is 3.47. The minimum absolute atomic E-state index is 0.00712. The molecule has 0 aromatic heterocycles. The predicted molar refractivity (Wildman–Crippen MR) is 104 cm³/mol. The van der Waals surface area contributed by atoms with Gasteiger partial charge in [0.15, 0.2) is 9.84 Å². The smallest absolute Gasteiger partial charge is 0.229 e. The fourth-order valence-corrected chi connectivity index (χ4v) is 6.06. The van der Waals surface area contributed by atoms with Gasteiger partial charge in [-0.2, -0.15) is 4.31 Å². The van der Waals surface area contributed by atoms with Gasteiger partial charge in [-0.1, -0.05) is 35.3 Å². The second-order valence-electron chi connectivity index (χ2n) is 6.29. The molecule has 1 aliphatic heterocycles. The van der Waals surface area contributed by atoms with E-state index in [-0.39, 0.29) is 18.0 Å². The molecule has 1 fully saturated rings. The summed E-state index contributed by atoms with van der Waals surface area (Å²) in [4.78, 5) is 0.128. The molecule has 140 valence electrons. The molecule has 2 aromatic carbocycles. The Morgan fingerprint density at radius 1 is 0.923 bits per heavy atom. The Morgan fingerprint density at radius 2 is 1.50 bits per heavy atom. The van der Waals surface area contributed by atoms with Crippen molar-refractivity contribution in [2.45, 2.75) is 16.6 Å². The lowest BCUT2D eigenvalue weighted by Crippen LogP contribution is -2.31. The Balaban J connectivity index is 1.86. The Bertz CT molecular complexity index is 1010. The minimum Gasteiger partial charge on any atom is -0.229 e. The van der Waals surface area contributed by atoms with Gasteiger partial charge in [0.05, 0.1) is 10.1 Å². The van der Waals surface area contributed by atoms with E-state index in [0.29, 0.717) is 16.5 Å². The summed E-state index contributed by atoms with van der Waals surface area (Å²) in [7, 11) is -6.99. The molecule has 0 spiro atoms. The fraction of sp³-hybridized carbons (Fsp3) is 0.294. The summed E-state index contributed by atoms with van der Waals surface area (Å²) in [5.74, 6) is 0. The maximum absolute atomic E-state index is 12.8. The van der Waals surface area contributed by atoms with E-state index >= 15 is 0 Å². The average molecular weight is 434 g/mol. The van der Waals surface area contributed by atoms with Crippen LogP contribution in [0, 0.1) is 0 Å². The summed E-state index contributed by atoms with van der Waals surface area (Å²) < 4.78 is 50.0.